The molecule has 31 heavy (non-hydrogen) atoms. The van der Waals surface area contributed by atoms with E-state index in [1.807, 2.05) is 37.3 Å². The van der Waals surface area contributed by atoms with Gasteiger partial charge in [-0.25, -0.2) is 9.97 Å². The van der Waals surface area contributed by atoms with Gasteiger partial charge in [-0.3, -0.25) is 9.59 Å². The van der Waals surface area contributed by atoms with Crippen molar-refractivity contribution < 1.29 is 13.6 Å². The molecule has 4 aromatic rings. The van der Waals surface area contributed by atoms with E-state index in [9.17, 15) is 9.59 Å². The third-order valence-electron chi connectivity index (χ3n) is 5.20. The average molecular weight is 418 g/mol. The highest BCUT2D eigenvalue weighted by molar-refractivity contribution is 5.95. The lowest BCUT2D eigenvalue weighted by atomic mass is 10.1. The third-order valence-corrected chi connectivity index (χ3v) is 5.20. The van der Waals surface area contributed by atoms with E-state index in [2.05, 4.69) is 9.97 Å². The quantitative estimate of drug-likeness (QED) is 0.455. The van der Waals surface area contributed by atoms with Gasteiger partial charge in [-0.15, -0.1) is 0 Å². The first-order valence-corrected chi connectivity index (χ1v) is 9.84. The van der Waals surface area contributed by atoms with Gasteiger partial charge in [0.05, 0.1) is 30.5 Å². The van der Waals surface area contributed by atoms with Gasteiger partial charge in [-0.05, 0) is 31.0 Å². The number of pyridine rings is 1. The molecule has 0 aliphatic heterocycles. The zero-order valence-corrected chi connectivity index (χ0v) is 17.3. The molecule has 0 spiro atoms. The van der Waals surface area contributed by atoms with Gasteiger partial charge in [-0.1, -0.05) is 30.3 Å². The topological polar surface area (TPSA) is 94.4 Å². The summed E-state index contributed by atoms with van der Waals surface area (Å²) in [6.07, 6.45) is 7.27. The maximum absolute atomic E-state index is 13.5. The first kappa shape index (κ1) is 20.3. The molecule has 8 nitrogen and oxygen atoms in total. The number of carbonyl (C=O) groups excluding carboxylic acids is 1. The summed E-state index contributed by atoms with van der Waals surface area (Å²) < 4.78 is 11.7. The fourth-order valence-corrected chi connectivity index (χ4v) is 3.48. The summed E-state index contributed by atoms with van der Waals surface area (Å²) in [5.41, 5.74) is 2.52. The number of carbonyl (C=O) groups is 1. The van der Waals surface area contributed by atoms with Crippen LogP contribution in [0, 0.1) is 6.92 Å². The Morgan fingerprint density at radius 2 is 1.65 bits per heavy atom. The van der Waals surface area contributed by atoms with Crippen molar-refractivity contribution in [3.8, 4) is 0 Å². The van der Waals surface area contributed by atoms with Crippen LogP contribution in [0.5, 0.6) is 0 Å². The van der Waals surface area contributed by atoms with E-state index < -0.39 is 5.91 Å². The van der Waals surface area contributed by atoms with Crippen LogP contribution in [0.2, 0.25) is 0 Å². The minimum atomic E-state index is -0.400. The molecule has 0 radical (unpaired) electrons. The van der Waals surface area contributed by atoms with Gasteiger partial charge >= 0.3 is 0 Å². The molecule has 1 aromatic carbocycles. The fraction of sp³-hybridized carbons (Fsp3) is 0.217. The normalized spacial score (nSPS) is 11.9. The van der Waals surface area contributed by atoms with E-state index in [0.717, 1.165) is 5.56 Å². The number of benzene rings is 1. The highest BCUT2D eigenvalue weighted by Gasteiger charge is 2.25. The minimum Gasteiger partial charge on any atom is -0.451 e. The SMILES string of the molecule is Cc1ccn(C(C)c2ccccc2)c(=O)c1C(=O)N(Cc1cocn1)Cc1cocn1. The van der Waals surface area contributed by atoms with Crippen molar-refractivity contribution in [1.29, 1.82) is 0 Å². The molecule has 0 aliphatic carbocycles. The molecule has 3 heterocycles. The summed E-state index contributed by atoms with van der Waals surface area (Å²) in [5.74, 6) is -0.400. The van der Waals surface area contributed by atoms with Crippen molar-refractivity contribution in [2.75, 3.05) is 0 Å². The lowest BCUT2D eigenvalue weighted by Gasteiger charge is -2.23. The summed E-state index contributed by atoms with van der Waals surface area (Å²) in [6, 6.07) is 11.3. The van der Waals surface area contributed by atoms with Gasteiger partial charge in [0.2, 0.25) is 0 Å². The van der Waals surface area contributed by atoms with E-state index in [4.69, 9.17) is 8.83 Å². The zero-order valence-electron chi connectivity index (χ0n) is 17.3. The molecule has 8 heteroatoms. The Morgan fingerprint density at radius 3 is 2.19 bits per heavy atom. The summed E-state index contributed by atoms with van der Waals surface area (Å²) in [7, 11) is 0. The van der Waals surface area contributed by atoms with Gasteiger partial charge in [0.15, 0.2) is 12.8 Å². The van der Waals surface area contributed by atoms with Crippen molar-refractivity contribution >= 4 is 5.91 Å². The third kappa shape index (κ3) is 4.32. The standard InChI is InChI=1S/C23H22N4O4/c1-16-8-9-27(17(2)18-6-4-3-5-7-18)23(29)21(16)22(28)26(10-19-12-30-14-24-19)11-20-13-31-15-25-20/h3-9,12-15,17H,10-11H2,1-2H3. The summed E-state index contributed by atoms with van der Waals surface area (Å²) in [4.78, 5) is 36.7. The molecular formula is C23H22N4O4. The Hall–Kier alpha value is -3.94. The Balaban J connectivity index is 1.71. The van der Waals surface area contributed by atoms with Crippen molar-refractivity contribution in [2.24, 2.45) is 0 Å². The maximum Gasteiger partial charge on any atom is 0.264 e. The number of rotatable bonds is 7. The first-order valence-electron chi connectivity index (χ1n) is 9.84. The highest BCUT2D eigenvalue weighted by Crippen LogP contribution is 2.18. The predicted octanol–water partition coefficient (Wildman–Crippen LogP) is 3.58. The maximum atomic E-state index is 13.5. The van der Waals surface area contributed by atoms with Gasteiger partial charge in [-0.2, -0.15) is 0 Å². The smallest absolute Gasteiger partial charge is 0.264 e. The molecule has 0 N–H and O–H groups in total. The van der Waals surface area contributed by atoms with Crippen LogP contribution in [0.4, 0.5) is 0 Å². The fourth-order valence-electron chi connectivity index (χ4n) is 3.48. The van der Waals surface area contributed by atoms with Gasteiger partial charge in [0.1, 0.15) is 18.1 Å². The zero-order chi connectivity index (χ0) is 21.8. The number of hydrogen-bond donors (Lipinski definition) is 0. The molecule has 158 valence electrons. The summed E-state index contributed by atoms with van der Waals surface area (Å²) in [6.45, 7) is 4.04. The molecule has 0 aliphatic rings. The number of nitrogens with zero attached hydrogens (tertiary/aromatic N) is 4. The highest BCUT2D eigenvalue weighted by atomic mass is 16.3. The second-order valence-corrected chi connectivity index (χ2v) is 7.29. The number of hydrogen-bond acceptors (Lipinski definition) is 6. The second-order valence-electron chi connectivity index (χ2n) is 7.29. The Kier molecular flexibility index (Phi) is 5.79. The van der Waals surface area contributed by atoms with E-state index >= 15 is 0 Å². The van der Waals surface area contributed by atoms with Crippen LogP contribution in [0.1, 0.15) is 45.8 Å². The largest absolute Gasteiger partial charge is 0.451 e. The Morgan fingerprint density at radius 1 is 1.03 bits per heavy atom. The number of aromatic nitrogens is 3. The molecule has 1 amide bonds. The van der Waals surface area contributed by atoms with Crippen LogP contribution in [-0.2, 0) is 13.1 Å². The van der Waals surface area contributed by atoms with Crippen molar-refractivity contribution in [1.82, 2.24) is 19.4 Å². The van der Waals surface area contributed by atoms with Gasteiger partial charge in [0, 0.05) is 6.20 Å². The number of aryl methyl sites for hydroxylation is 1. The summed E-state index contributed by atoms with van der Waals surface area (Å²) in [5, 5.41) is 0. The lowest BCUT2D eigenvalue weighted by Crippen LogP contribution is -2.37. The minimum absolute atomic E-state index is 0.122. The molecule has 1 atom stereocenters. The molecule has 0 fully saturated rings. The van der Waals surface area contributed by atoms with Crippen molar-refractivity contribution in [3.63, 3.8) is 0 Å². The van der Waals surface area contributed by atoms with Crippen LogP contribution in [0.3, 0.4) is 0 Å². The number of oxazole rings is 2. The molecule has 0 saturated carbocycles. The van der Waals surface area contributed by atoms with Crippen molar-refractivity contribution in [3.05, 3.63) is 106 Å². The van der Waals surface area contributed by atoms with Crippen LogP contribution in [-0.4, -0.2) is 25.3 Å². The Bertz CT molecular complexity index is 1160. The van der Waals surface area contributed by atoms with Crippen LogP contribution in [0.25, 0.3) is 0 Å². The first-order chi connectivity index (χ1) is 15.0. The van der Waals surface area contributed by atoms with Crippen LogP contribution in [0.15, 0.2) is 81.5 Å². The van der Waals surface area contributed by atoms with E-state index in [0.29, 0.717) is 17.0 Å². The molecule has 3 aromatic heterocycles. The molecular weight excluding hydrogens is 396 g/mol. The Labute approximate surface area is 178 Å². The van der Waals surface area contributed by atoms with E-state index in [1.165, 1.54) is 30.2 Å². The van der Waals surface area contributed by atoms with E-state index in [1.54, 1.807) is 23.8 Å². The molecule has 4 rings (SSSR count). The van der Waals surface area contributed by atoms with Crippen LogP contribution < -0.4 is 5.56 Å². The number of amides is 1. The lowest BCUT2D eigenvalue weighted by molar-refractivity contribution is 0.0722. The molecule has 0 saturated heterocycles. The monoisotopic (exact) mass is 418 g/mol. The van der Waals surface area contributed by atoms with Crippen LogP contribution >= 0.6 is 0 Å². The molecule has 1 unspecified atom stereocenters. The summed E-state index contributed by atoms with van der Waals surface area (Å²) >= 11 is 0. The van der Waals surface area contributed by atoms with Crippen molar-refractivity contribution in [2.45, 2.75) is 33.0 Å². The van der Waals surface area contributed by atoms with Gasteiger partial charge in [0.25, 0.3) is 11.5 Å². The molecule has 0 bridgehead atoms. The average Bonchev–Trinajstić information content (AvgIpc) is 3.48. The second kappa shape index (κ2) is 8.83. The van der Waals surface area contributed by atoms with Gasteiger partial charge < -0.3 is 18.3 Å². The predicted molar refractivity (Wildman–Crippen MR) is 112 cm³/mol. The van der Waals surface area contributed by atoms with E-state index in [-0.39, 0.29) is 30.3 Å².